The van der Waals surface area contributed by atoms with E-state index in [-0.39, 0.29) is 19.3 Å². The first-order chi connectivity index (χ1) is 16.2. The highest BCUT2D eigenvalue weighted by atomic mass is 16.7. The minimum absolute atomic E-state index is 0.0191. The fraction of sp³-hybridized carbons (Fsp3) is 0.292. The zero-order chi connectivity index (χ0) is 22.6. The van der Waals surface area contributed by atoms with Crippen molar-refractivity contribution in [2.45, 2.75) is 0 Å². The van der Waals surface area contributed by atoms with Crippen molar-refractivity contribution >= 4 is 11.7 Å². The van der Waals surface area contributed by atoms with Crippen LogP contribution in [0.3, 0.4) is 0 Å². The number of anilines is 1. The van der Waals surface area contributed by atoms with Crippen LogP contribution in [0.15, 0.2) is 54.9 Å². The molecule has 1 amide bonds. The standard InChI is InChI=1S/C24H24N4O5/c1-30-18-4-2-17(3-5-18)20-13-23(26-15-25-20)27-8-10-28(11-9-27)24(29)14-31-19-6-7-21-22(12-19)33-16-32-21/h2-7,12-13,15H,8-11,14,16H2,1H3. The molecule has 5 rings (SSSR count). The van der Waals surface area contributed by atoms with Gasteiger partial charge in [0.05, 0.1) is 12.8 Å². The Morgan fingerprint density at radius 2 is 1.70 bits per heavy atom. The topological polar surface area (TPSA) is 86.3 Å². The highest BCUT2D eigenvalue weighted by Crippen LogP contribution is 2.35. The molecule has 0 saturated carbocycles. The molecule has 2 aliphatic rings. The van der Waals surface area contributed by atoms with Gasteiger partial charge in [0.2, 0.25) is 6.79 Å². The molecule has 0 aliphatic carbocycles. The van der Waals surface area contributed by atoms with Crippen molar-refractivity contribution in [3.8, 4) is 34.3 Å². The molecule has 9 heteroatoms. The fourth-order valence-electron chi connectivity index (χ4n) is 3.83. The highest BCUT2D eigenvalue weighted by Gasteiger charge is 2.23. The van der Waals surface area contributed by atoms with Crippen molar-refractivity contribution in [2.75, 3.05) is 51.6 Å². The van der Waals surface area contributed by atoms with Crippen LogP contribution in [0.4, 0.5) is 5.82 Å². The quantitative estimate of drug-likeness (QED) is 0.569. The number of fused-ring (bicyclic) bond motifs is 1. The number of rotatable bonds is 6. The van der Waals surface area contributed by atoms with E-state index in [0.717, 1.165) is 22.8 Å². The molecule has 1 saturated heterocycles. The normalized spacial score (nSPS) is 14.8. The predicted octanol–water partition coefficient (Wildman–Crippen LogP) is 2.61. The highest BCUT2D eigenvalue weighted by molar-refractivity contribution is 5.78. The van der Waals surface area contributed by atoms with Crippen molar-refractivity contribution in [3.05, 3.63) is 54.9 Å². The summed E-state index contributed by atoms with van der Waals surface area (Å²) in [5.74, 6) is 3.50. The van der Waals surface area contributed by atoms with Gasteiger partial charge in [-0.25, -0.2) is 9.97 Å². The summed E-state index contributed by atoms with van der Waals surface area (Å²) in [6.45, 7) is 2.77. The molecule has 9 nitrogen and oxygen atoms in total. The average Bonchev–Trinajstić information content (AvgIpc) is 3.35. The lowest BCUT2D eigenvalue weighted by atomic mass is 10.1. The maximum atomic E-state index is 12.6. The van der Waals surface area contributed by atoms with Crippen molar-refractivity contribution < 1.29 is 23.7 Å². The number of carbonyl (C=O) groups excluding carboxylic acids is 1. The van der Waals surface area contributed by atoms with Crippen molar-refractivity contribution in [2.24, 2.45) is 0 Å². The Morgan fingerprint density at radius 3 is 2.48 bits per heavy atom. The Labute approximate surface area is 191 Å². The largest absolute Gasteiger partial charge is 0.497 e. The van der Waals surface area contributed by atoms with Gasteiger partial charge < -0.3 is 28.7 Å². The number of amides is 1. The number of piperazine rings is 1. The lowest BCUT2D eigenvalue weighted by Crippen LogP contribution is -2.50. The summed E-state index contributed by atoms with van der Waals surface area (Å²) >= 11 is 0. The summed E-state index contributed by atoms with van der Waals surface area (Å²) in [5.41, 5.74) is 1.84. The number of hydrogen-bond donors (Lipinski definition) is 0. The van der Waals surface area contributed by atoms with Crippen LogP contribution in [0.2, 0.25) is 0 Å². The third-order valence-electron chi connectivity index (χ3n) is 5.70. The second kappa shape index (κ2) is 9.23. The molecule has 33 heavy (non-hydrogen) atoms. The van der Waals surface area contributed by atoms with Gasteiger partial charge in [-0.05, 0) is 36.4 Å². The van der Waals surface area contributed by atoms with E-state index in [2.05, 4.69) is 14.9 Å². The molecule has 0 N–H and O–H groups in total. The first-order valence-corrected chi connectivity index (χ1v) is 10.7. The molecule has 0 bridgehead atoms. The van der Waals surface area contributed by atoms with Crippen LogP contribution in [0, 0.1) is 0 Å². The molecule has 170 valence electrons. The monoisotopic (exact) mass is 448 g/mol. The van der Waals surface area contributed by atoms with Gasteiger partial charge in [0.1, 0.15) is 23.6 Å². The Bertz CT molecular complexity index is 1130. The molecule has 1 fully saturated rings. The van der Waals surface area contributed by atoms with E-state index in [1.165, 1.54) is 0 Å². The second-order valence-corrected chi connectivity index (χ2v) is 7.66. The SMILES string of the molecule is COc1ccc(-c2cc(N3CCN(C(=O)COc4ccc5c(c4)OCO5)CC3)ncn2)cc1. The third-order valence-corrected chi connectivity index (χ3v) is 5.70. The second-order valence-electron chi connectivity index (χ2n) is 7.66. The third kappa shape index (κ3) is 4.62. The van der Waals surface area contributed by atoms with Crippen molar-refractivity contribution in [1.29, 1.82) is 0 Å². The van der Waals surface area contributed by atoms with Crippen molar-refractivity contribution in [1.82, 2.24) is 14.9 Å². The molecule has 2 aliphatic heterocycles. The van der Waals surface area contributed by atoms with Gasteiger partial charge in [0, 0.05) is 43.9 Å². The number of aromatic nitrogens is 2. The van der Waals surface area contributed by atoms with Crippen molar-refractivity contribution in [3.63, 3.8) is 0 Å². The Kier molecular flexibility index (Phi) is 5.84. The number of hydrogen-bond acceptors (Lipinski definition) is 8. The van der Waals surface area contributed by atoms with Gasteiger partial charge in [0.15, 0.2) is 18.1 Å². The first kappa shape index (κ1) is 20.9. The van der Waals surface area contributed by atoms with Gasteiger partial charge in [-0.1, -0.05) is 0 Å². The van der Waals surface area contributed by atoms with E-state index in [0.29, 0.717) is 43.4 Å². The Morgan fingerprint density at radius 1 is 0.939 bits per heavy atom. The molecule has 0 spiro atoms. The summed E-state index contributed by atoms with van der Waals surface area (Å²) in [4.78, 5) is 25.4. The maximum absolute atomic E-state index is 12.6. The smallest absolute Gasteiger partial charge is 0.260 e. The molecule has 0 radical (unpaired) electrons. The van der Waals surface area contributed by atoms with Gasteiger partial charge in [-0.15, -0.1) is 0 Å². The average molecular weight is 448 g/mol. The number of nitrogens with zero attached hydrogens (tertiary/aromatic N) is 4. The molecule has 3 heterocycles. The molecule has 0 unspecified atom stereocenters. The van der Waals surface area contributed by atoms with E-state index < -0.39 is 0 Å². The van der Waals surface area contributed by atoms with E-state index in [1.807, 2.05) is 35.2 Å². The summed E-state index contributed by atoms with van der Waals surface area (Å²) in [7, 11) is 1.64. The molecule has 3 aromatic rings. The predicted molar refractivity (Wildman–Crippen MR) is 121 cm³/mol. The van der Waals surface area contributed by atoms with E-state index in [1.54, 1.807) is 31.6 Å². The zero-order valence-corrected chi connectivity index (χ0v) is 18.3. The summed E-state index contributed by atoms with van der Waals surface area (Å²) in [5, 5.41) is 0. The Balaban J connectivity index is 1.15. The summed E-state index contributed by atoms with van der Waals surface area (Å²) in [6.07, 6.45) is 1.58. The Hall–Kier alpha value is -4.01. The molecule has 0 atom stereocenters. The summed E-state index contributed by atoms with van der Waals surface area (Å²) in [6, 6.07) is 15.0. The number of methoxy groups -OCH3 is 1. The lowest BCUT2D eigenvalue weighted by molar-refractivity contribution is -0.133. The molecular weight excluding hydrogens is 424 g/mol. The zero-order valence-electron chi connectivity index (χ0n) is 18.3. The van der Waals surface area contributed by atoms with Crippen LogP contribution < -0.4 is 23.8 Å². The number of carbonyl (C=O) groups is 1. The van der Waals surface area contributed by atoms with E-state index in [9.17, 15) is 4.79 Å². The van der Waals surface area contributed by atoms with E-state index >= 15 is 0 Å². The van der Waals surface area contributed by atoms with Gasteiger partial charge >= 0.3 is 0 Å². The number of ether oxygens (including phenoxy) is 4. The summed E-state index contributed by atoms with van der Waals surface area (Å²) < 4.78 is 21.5. The van der Waals surface area contributed by atoms with Gasteiger partial charge in [-0.3, -0.25) is 4.79 Å². The van der Waals surface area contributed by atoms with Crippen LogP contribution in [0.5, 0.6) is 23.0 Å². The van der Waals surface area contributed by atoms with Crippen LogP contribution in [-0.2, 0) is 4.79 Å². The van der Waals surface area contributed by atoms with Crippen LogP contribution in [-0.4, -0.2) is 67.5 Å². The van der Waals surface area contributed by atoms with E-state index in [4.69, 9.17) is 18.9 Å². The molecule has 1 aromatic heterocycles. The van der Waals surface area contributed by atoms with Crippen LogP contribution in [0.1, 0.15) is 0 Å². The maximum Gasteiger partial charge on any atom is 0.260 e. The minimum atomic E-state index is -0.0473. The minimum Gasteiger partial charge on any atom is -0.497 e. The number of benzene rings is 2. The molecule has 2 aromatic carbocycles. The van der Waals surface area contributed by atoms with Crippen LogP contribution in [0.25, 0.3) is 11.3 Å². The van der Waals surface area contributed by atoms with Gasteiger partial charge in [0.25, 0.3) is 5.91 Å². The first-order valence-electron chi connectivity index (χ1n) is 10.7. The van der Waals surface area contributed by atoms with Crippen LogP contribution >= 0.6 is 0 Å². The molecular formula is C24H24N4O5. The fourth-order valence-corrected chi connectivity index (χ4v) is 3.83. The van der Waals surface area contributed by atoms with Gasteiger partial charge in [-0.2, -0.15) is 0 Å². The lowest BCUT2D eigenvalue weighted by Gasteiger charge is -2.35.